The highest BCUT2D eigenvalue weighted by atomic mass is 35.5. The molecule has 0 spiro atoms. The van der Waals surface area contributed by atoms with Gasteiger partial charge in [0.15, 0.2) is 0 Å². The van der Waals surface area contributed by atoms with Gasteiger partial charge in [-0.25, -0.2) is 9.13 Å². The number of rotatable bonds is 11. The van der Waals surface area contributed by atoms with E-state index in [-0.39, 0.29) is 6.10 Å². The maximum Gasteiger partial charge on any atom is 0.243 e. The molecule has 1 unspecified atom stereocenters. The summed E-state index contributed by atoms with van der Waals surface area (Å²) >= 11 is 25.1. The molecule has 0 saturated carbocycles. The standard InChI is InChI=1S/C28H27Cl4N2O2/c1-20-3-8-24(9-4-20)35-14-2-11-33-12-13-34(19-33)17-28(25-10-7-23(30)16-27(25)32)36-18-21-5-6-22(29)15-26(21)31/h3-10,12-13,15-16,19,28H,2,11,14,17-18H2,1H3/q+1. The quantitative estimate of drug-likeness (QED) is 0.136. The minimum absolute atomic E-state index is 0.313. The largest absolute Gasteiger partial charge is 0.493 e. The highest BCUT2D eigenvalue weighted by Crippen LogP contribution is 2.31. The number of aromatic nitrogens is 2. The Balaban J connectivity index is 1.39. The van der Waals surface area contributed by atoms with Crippen LogP contribution in [0.4, 0.5) is 0 Å². The minimum atomic E-state index is -0.313. The van der Waals surface area contributed by atoms with Crippen LogP contribution in [0.3, 0.4) is 0 Å². The van der Waals surface area contributed by atoms with Gasteiger partial charge in [-0.05, 0) is 48.9 Å². The number of ether oxygens (including phenoxy) is 2. The van der Waals surface area contributed by atoms with Gasteiger partial charge in [0.25, 0.3) is 0 Å². The Bertz CT molecular complexity index is 1290. The molecule has 0 bridgehead atoms. The number of nitrogens with zero attached hydrogens (tertiary/aromatic N) is 2. The molecule has 1 aromatic heterocycles. The number of imidazole rings is 1. The average Bonchev–Trinajstić information content (AvgIpc) is 3.29. The summed E-state index contributed by atoms with van der Waals surface area (Å²) in [6.45, 7) is 4.44. The second-order valence-electron chi connectivity index (χ2n) is 8.56. The first-order valence-electron chi connectivity index (χ1n) is 11.6. The van der Waals surface area contributed by atoms with Crippen molar-refractivity contribution in [2.45, 2.75) is 39.1 Å². The molecule has 4 rings (SSSR count). The molecule has 0 fully saturated rings. The predicted octanol–water partition coefficient (Wildman–Crippen LogP) is 8.12. The van der Waals surface area contributed by atoms with E-state index in [0.717, 1.165) is 29.8 Å². The first-order valence-corrected chi connectivity index (χ1v) is 13.1. The molecule has 1 atom stereocenters. The van der Waals surface area contributed by atoms with Crippen molar-refractivity contribution in [2.24, 2.45) is 0 Å². The van der Waals surface area contributed by atoms with Crippen molar-refractivity contribution in [3.8, 4) is 5.75 Å². The monoisotopic (exact) mass is 563 g/mol. The Morgan fingerprint density at radius 2 is 1.61 bits per heavy atom. The molecule has 0 N–H and O–H groups in total. The first kappa shape index (κ1) is 26.8. The van der Waals surface area contributed by atoms with Gasteiger partial charge < -0.3 is 9.47 Å². The molecule has 0 aliphatic carbocycles. The summed E-state index contributed by atoms with van der Waals surface area (Å²) in [6, 6.07) is 18.9. The Morgan fingerprint density at radius 3 is 2.33 bits per heavy atom. The molecule has 36 heavy (non-hydrogen) atoms. The van der Waals surface area contributed by atoms with Gasteiger partial charge in [-0.1, -0.05) is 76.2 Å². The summed E-state index contributed by atoms with van der Waals surface area (Å²) in [5, 5.41) is 2.29. The fourth-order valence-electron chi connectivity index (χ4n) is 3.77. The average molecular weight is 565 g/mol. The molecule has 3 aromatic carbocycles. The fourth-order valence-corrected chi connectivity index (χ4v) is 4.77. The maximum atomic E-state index is 6.54. The van der Waals surface area contributed by atoms with Gasteiger partial charge in [0.2, 0.25) is 6.33 Å². The van der Waals surface area contributed by atoms with Crippen molar-refractivity contribution in [1.82, 2.24) is 4.57 Å². The van der Waals surface area contributed by atoms with E-state index in [9.17, 15) is 0 Å². The van der Waals surface area contributed by atoms with Gasteiger partial charge >= 0.3 is 0 Å². The van der Waals surface area contributed by atoms with Gasteiger partial charge in [0.1, 0.15) is 30.8 Å². The fraction of sp³-hybridized carbons (Fsp3) is 0.250. The third-order valence-corrected chi connectivity index (χ3v) is 6.89. The zero-order valence-electron chi connectivity index (χ0n) is 19.8. The van der Waals surface area contributed by atoms with E-state index in [1.807, 2.05) is 42.7 Å². The molecule has 8 heteroatoms. The molecule has 0 amide bonds. The van der Waals surface area contributed by atoms with Crippen LogP contribution in [-0.2, 0) is 24.4 Å². The summed E-state index contributed by atoms with van der Waals surface area (Å²) < 4.78 is 16.4. The lowest BCUT2D eigenvalue weighted by molar-refractivity contribution is -0.704. The lowest BCUT2D eigenvalue weighted by Gasteiger charge is -2.19. The Kier molecular flexibility index (Phi) is 9.58. The third-order valence-electron chi connectivity index (χ3n) is 5.74. The second kappa shape index (κ2) is 12.8. The number of benzene rings is 3. The topological polar surface area (TPSA) is 27.3 Å². The summed E-state index contributed by atoms with van der Waals surface area (Å²) in [6.07, 6.45) is 6.70. The normalized spacial score (nSPS) is 12.0. The van der Waals surface area contributed by atoms with E-state index in [0.29, 0.717) is 39.8 Å². The molecule has 4 aromatic rings. The zero-order valence-corrected chi connectivity index (χ0v) is 22.9. The number of hydrogen-bond donors (Lipinski definition) is 0. The Labute approximate surface area is 231 Å². The number of hydrogen-bond acceptors (Lipinski definition) is 2. The van der Waals surface area contributed by atoms with Crippen LogP contribution >= 0.6 is 46.4 Å². The molecule has 4 nitrogen and oxygen atoms in total. The van der Waals surface area contributed by atoms with Crippen LogP contribution in [0.1, 0.15) is 29.2 Å². The lowest BCUT2D eigenvalue weighted by Crippen LogP contribution is -2.35. The predicted molar refractivity (Wildman–Crippen MR) is 146 cm³/mol. The molecule has 0 aliphatic rings. The Morgan fingerprint density at radius 1 is 0.889 bits per heavy atom. The van der Waals surface area contributed by atoms with E-state index in [1.54, 1.807) is 18.2 Å². The van der Waals surface area contributed by atoms with Gasteiger partial charge in [0, 0.05) is 32.1 Å². The molecular weight excluding hydrogens is 538 g/mol. The van der Waals surface area contributed by atoms with E-state index in [2.05, 4.69) is 34.5 Å². The highest BCUT2D eigenvalue weighted by Gasteiger charge is 2.20. The summed E-state index contributed by atoms with van der Waals surface area (Å²) in [4.78, 5) is 0. The van der Waals surface area contributed by atoms with Crippen LogP contribution in [0, 0.1) is 6.92 Å². The van der Waals surface area contributed by atoms with Crippen LogP contribution < -0.4 is 9.30 Å². The van der Waals surface area contributed by atoms with Gasteiger partial charge in [0.05, 0.1) is 19.8 Å². The number of aryl methyl sites for hydroxylation is 2. The minimum Gasteiger partial charge on any atom is -0.493 e. The lowest BCUT2D eigenvalue weighted by atomic mass is 10.1. The molecule has 0 aliphatic heterocycles. The first-order chi connectivity index (χ1) is 17.4. The van der Waals surface area contributed by atoms with Crippen LogP contribution in [0.5, 0.6) is 5.75 Å². The van der Waals surface area contributed by atoms with E-state index < -0.39 is 0 Å². The molecule has 1 heterocycles. The van der Waals surface area contributed by atoms with Gasteiger partial charge in [-0.15, -0.1) is 0 Å². The van der Waals surface area contributed by atoms with E-state index >= 15 is 0 Å². The van der Waals surface area contributed by atoms with Gasteiger partial charge in [-0.3, -0.25) is 0 Å². The SMILES string of the molecule is Cc1ccc(OCCCn2cc[n+](CC(OCc3ccc(Cl)cc3Cl)c3ccc(Cl)cc3Cl)c2)cc1. The van der Waals surface area contributed by atoms with Crippen LogP contribution in [0.25, 0.3) is 0 Å². The summed E-state index contributed by atoms with van der Waals surface area (Å²) in [7, 11) is 0. The third kappa shape index (κ3) is 7.64. The van der Waals surface area contributed by atoms with Crippen molar-refractivity contribution in [1.29, 1.82) is 0 Å². The van der Waals surface area contributed by atoms with Crippen molar-refractivity contribution < 1.29 is 14.0 Å². The van der Waals surface area contributed by atoms with Crippen molar-refractivity contribution in [2.75, 3.05) is 6.61 Å². The van der Waals surface area contributed by atoms with Crippen LogP contribution in [0.15, 0.2) is 79.4 Å². The van der Waals surface area contributed by atoms with E-state index in [1.165, 1.54) is 5.56 Å². The molecule has 0 radical (unpaired) electrons. The Hall–Kier alpha value is -2.21. The molecule has 188 valence electrons. The van der Waals surface area contributed by atoms with Gasteiger partial charge in [-0.2, -0.15) is 0 Å². The zero-order chi connectivity index (χ0) is 25.5. The highest BCUT2D eigenvalue weighted by molar-refractivity contribution is 6.35. The summed E-state index contributed by atoms with van der Waals surface area (Å²) in [5.74, 6) is 0.892. The molecular formula is C28H27Cl4N2O2+. The van der Waals surface area contributed by atoms with Crippen molar-refractivity contribution in [3.63, 3.8) is 0 Å². The smallest absolute Gasteiger partial charge is 0.243 e. The second-order valence-corrected chi connectivity index (χ2v) is 10.3. The number of halogens is 4. The summed E-state index contributed by atoms with van der Waals surface area (Å²) in [5.41, 5.74) is 2.93. The van der Waals surface area contributed by atoms with Crippen molar-refractivity contribution >= 4 is 46.4 Å². The maximum absolute atomic E-state index is 6.54. The molecule has 0 saturated heterocycles. The van der Waals surface area contributed by atoms with E-state index in [4.69, 9.17) is 55.9 Å². The van der Waals surface area contributed by atoms with Crippen LogP contribution in [-0.4, -0.2) is 11.2 Å². The van der Waals surface area contributed by atoms with Crippen molar-refractivity contribution in [3.05, 3.63) is 116 Å². The van der Waals surface area contributed by atoms with Crippen LogP contribution in [0.2, 0.25) is 20.1 Å².